The van der Waals surface area contributed by atoms with Crippen LogP contribution in [0.5, 0.6) is 34.5 Å². The zero-order valence-electron chi connectivity index (χ0n) is 64.9. The Morgan fingerprint density at radius 3 is 0.805 bits per heavy atom. The summed E-state index contributed by atoms with van der Waals surface area (Å²) in [7, 11) is 0. The standard InChI is InChI=1S/C30H27F7N2O5.C29H27F5N2O5.C28H27F3N2O5/c31-28(32,29(33,34)30(35,36)37)15-1-16-42-23-11-6-21(7-12-23)27(41)44-24-9-2-19(3-10-24)4-13-26(40)43-17-14-20-5-8-22(38)18-25(20)39;30-28(31,29(32,33)34)15-1-16-39-23-11-6-21(7-12-23)27(38)41-24-9-2-19(3-10-24)4-13-26(37)40-17-14-20-5-8-22(35)18-25(20)36;29-28(30,31)15-1-16-36-23-11-6-21(7-12-23)27(35)38-24-9-2-19(3-10-24)4-13-26(34)37-17-14-20-5-8-22(32)18-25(20)33/h2-13,18H,1,14-17,38-39H2;2-13,18H,1,14-17,35-36H2;2-13,18H,1,14-17,32-33H2/b3*13-4+. The van der Waals surface area contributed by atoms with Crippen molar-refractivity contribution < 1.29 is 137 Å². The molecule has 36 heteroatoms. The maximum atomic E-state index is 13.3. The van der Waals surface area contributed by atoms with Gasteiger partial charge in [0.15, 0.2) is 0 Å². The minimum Gasteiger partial charge on any atom is -0.494 e. The van der Waals surface area contributed by atoms with Gasteiger partial charge in [-0.15, -0.1) is 0 Å². The van der Waals surface area contributed by atoms with Gasteiger partial charge in [-0.3, -0.25) is 0 Å². The quantitative estimate of drug-likeness (QED) is 0.00404. The number of hydrogen-bond acceptors (Lipinski definition) is 21. The van der Waals surface area contributed by atoms with E-state index < -0.39 is 111 Å². The lowest BCUT2D eigenvalue weighted by Gasteiger charge is -2.28. The molecule has 0 fully saturated rings. The monoisotopic (exact) mass is 1730 g/mol. The molecule has 0 spiro atoms. The lowest BCUT2D eigenvalue weighted by atomic mass is 10.1. The zero-order chi connectivity index (χ0) is 90.1. The fourth-order valence-electron chi connectivity index (χ4n) is 10.4. The van der Waals surface area contributed by atoms with Crippen LogP contribution >= 0.6 is 0 Å². The van der Waals surface area contributed by atoms with Gasteiger partial charge in [0.2, 0.25) is 0 Å². The average molecular weight is 1740 g/mol. The second kappa shape index (κ2) is 45.0. The van der Waals surface area contributed by atoms with Crippen LogP contribution in [0.4, 0.5) is 100.0 Å². The predicted octanol–water partition coefficient (Wildman–Crippen LogP) is 18.7. The minimum atomic E-state index is -6.38. The number of alkyl halides is 15. The van der Waals surface area contributed by atoms with E-state index >= 15 is 0 Å². The highest BCUT2D eigenvalue weighted by Gasteiger charge is 2.72. The molecule has 0 saturated carbocycles. The summed E-state index contributed by atoms with van der Waals surface area (Å²) in [6.45, 7) is -0.583. The molecule has 0 aromatic heterocycles. The topological polar surface area (TPSA) is 342 Å². The SMILES string of the molecule is Nc1ccc(CCOC(=O)/C=C/c2ccc(OC(=O)c3ccc(OCCCC(F)(F)C(F)(F)C(F)(F)F)cc3)cc2)c(N)c1.Nc1ccc(CCOC(=O)/C=C/c2ccc(OC(=O)c3ccc(OCCCC(F)(F)C(F)(F)F)cc3)cc2)c(N)c1.Nc1ccc(CCOC(=O)/C=C/c2ccc(OC(=O)c3ccc(OCCCC(F)(F)F)cc3)cc2)c(N)c1. The molecule has 9 rings (SSSR count). The minimum absolute atomic E-state index is 0.0662. The van der Waals surface area contributed by atoms with Crippen molar-refractivity contribution in [3.05, 3.63) is 268 Å². The highest BCUT2D eigenvalue weighted by Crippen LogP contribution is 2.48. The summed E-state index contributed by atoms with van der Waals surface area (Å²) in [4.78, 5) is 73.1. The molecular formula is C87H81F15N6O15. The van der Waals surface area contributed by atoms with E-state index in [9.17, 15) is 94.6 Å². The summed E-state index contributed by atoms with van der Waals surface area (Å²) >= 11 is 0. The van der Waals surface area contributed by atoms with Crippen molar-refractivity contribution in [2.45, 2.75) is 94.1 Å². The normalized spacial score (nSPS) is 11.8. The molecule has 9 aromatic carbocycles. The van der Waals surface area contributed by atoms with Crippen LogP contribution in [0.25, 0.3) is 18.2 Å². The number of carbonyl (C=O) groups excluding carboxylic acids is 6. The molecule has 0 saturated heterocycles. The van der Waals surface area contributed by atoms with Crippen molar-refractivity contribution in [2.24, 2.45) is 0 Å². The lowest BCUT2D eigenvalue weighted by molar-refractivity contribution is -0.355. The van der Waals surface area contributed by atoms with Crippen molar-refractivity contribution >= 4 is 88.2 Å². The molecule has 0 amide bonds. The summed E-state index contributed by atoms with van der Waals surface area (Å²) in [5, 5.41) is 0. The molecule has 654 valence electrons. The molecule has 12 N–H and O–H groups in total. The molecule has 21 nitrogen and oxygen atoms in total. The largest absolute Gasteiger partial charge is 0.494 e. The molecule has 123 heavy (non-hydrogen) atoms. The Bertz CT molecular complexity index is 5070. The average Bonchev–Trinajstić information content (AvgIpc) is 0.779. The van der Waals surface area contributed by atoms with Crippen LogP contribution in [0.1, 0.15) is 103 Å². The molecule has 0 unspecified atom stereocenters. The van der Waals surface area contributed by atoms with Crippen LogP contribution in [0.15, 0.2) is 218 Å². The predicted molar refractivity (Wildman–Crippen MR) is 428 cm³/mol. The first-order valence-electron chi connectivity index (χ1n) is 37.0. The van der Waals surface area contributed by atoms with Crippen LogP contribution < -0.4 is 62.8 Å². The molecule has 0 bridgehead atoms. The van der Waals surface area contributed by atoms with Crippen LogP contribution in [0.3, 0.4) is 0 Å². The Kier molecular flexibility index (Phi) is 35.2. The number of halogens is 15. The van der Waals surface area contributed by atoms with E-state index in [1.807, 2.05) is 0 Å². The summed E-state index contributed by atoms with van der Waals surface area (Å²) in [5.41, 5.74) is 42.7. The van der Waals surface area contributed by atoms with Crippen LogP contribution in [0.2, 0.25) is 0 Å². The van der Waals surface area contributed by atoms with Gasteiger partial charge in [-0.25, -0.2) is 28.8 Å². The first kappa shape index (κ1) is 96.3. The van der Waals surface area contributed by atoms with Crippen molar-refractivity contribution in [2.75, 3.05) is 74.0 Å². The first-order chi connectivity index (χ1) is 58.0. The summed E-state index contributed by atoms with van der Waals surface area (Å²) in [6, 6.07) is 50.8. The second-order valence-electron chi connectivity index (χ2n) is 26.5. The fraction of sp³-hybridized carbons (Fsp3) is 0.241. The molecule has 0 aliphatic heterocycles. The molecule has 0 atom stereocenters. The molecule has 0 heterocycles. The summed E-state index contributed by atoms with van der Waals surface area (Å²) in [6.07, 6.45) is -12.0. The number of esters is 6. The van der Waals surface area contributed by atoms with E-state index in [-0.39, 0.29) is 79.1 Å². The van der Waals surface area contributed by atoms with Crippen LogP contribution in [-0.4, -0.2) is 112 Å². The van der Waals surface area contributed by atoms with Gasteiger partial charge < -0.3 is 77.0 Å². The van der Waals surface area contributed by atoms with E-state index in [4.69, 9.17) is 77.0 Å². The number of hydrogen-bond donors (Lipinski definition) is 6. The number of nitrogens with two attached hydrogens (primary N) is 6. The van der Waals surface area contributed by atoms with Gasteiger partial charge in [-0.05, 0) is 216 Å². The highest BCUT2D eigenvalue weighted by atomic mass is 19.4. The maximum absolute atomic E-state index is 13.3. The van der Waals surface area contributed by atoms with E-state index in [1.54, 1.807) is 109 Å². The Morgan fingerprint density at radius 2 is 0.553 bits per heavy atom. The van der Waals surface area contributed by atoms with E-state index in [0.29, 0.717) is 81.6 Å². The number of anilines is 6. The third-order valence-electron chi connectivity index (χ3n) is 17.0. The third kappa shape index (κ3) is 32.7. The second-order valence-corrected chi connectivity index (χ2v) is 26.5. The lowest BCUT2D eigenvalue weighted by Crippen LogP contribution is -2.51. The Balaban J connectivity index is 0.000000254. The van der Waals surface area contributed by atoms with Crippen molar-refractivity contribution in [1.29, 1.82) is 0 Å². The number of carbonyl (C=O) groups is 6. The van der Waals surface area contributed by atoms with Gasteiger partial charge in [0.1, 0.15) is 34.5 Å². The zero-order valence-corrected chi connectivity index (χ0v) is 64.9. The smallest absolute Gasteiger partial charge is 0.459 e. The van der Waals surface area contributed by atoms with E-state index in [0.717, 1.165) is 16.7 Å². The molecule has 9 aromatic rings. The number of benzene rings is 9. The van der Waals surface area contributed by atoms with Gasteiger partial charge >= 0.3 is 72.1 Å². The Labute approximate surface area is 693 Å². The van der Waals surface area contributed by atoms with Crippen molar-refractivity contribution in [1.82, 2.24) is 0 Å². The number of nitrogen functional groups attached to an aromatic ring is 6. The van der Waals surface area contributed by atoms with Gasteiger partial charge in [0, 0.05) is 90.9 Å². The first-order valence-corrected chi connectivity index (χ1v) is 37.0. The molecule has 0 aliphatic carbocycles. The molecular weight excluding hydrogens is 1650 g/mol. The van der Waals surface area contributed by atoms with E-state index in [2.05, 4.69) is 0 Å². The maximum Gasteiger partial charge on any atom is 0.459 e. The van der Waals surface area contributed by atoms with Crippen LogP contribution in [-0.2, 0) is 47.9 Å². The third-order valence-corrected chi connectivity index (χ3v) is 17.0. The molecule has 0 radical (unpaired) electrons. The van der Waals surface area contributed by atoms with Gasteiger partial charge in [0.05, 0.1) is 56.3 Å². The summed E-state index contributed by atoms with van der Waals surface area (Å²) in [5.74, 6) is -18.6. The highest BCUT2D eigenvalue weighted by molar-refractivity contribution is 5.93. The number of rotatable bonds is 36. The molecule has 0 aliphatic rings. The van der Waals surface area contributed by atoms with E-state index in [1.165, 1.54) is 127 Å². The summed E-state index contributed by atoms with van der Waals surface area (Å²) < 4.78 is 235. The Hall–Kier alpha value is -13.8. The Morgan fingerprint density at radius 1 is 0.293 bits per heavy atom. The van der Waals surface area contributed by atoms with Crippen molar-refractivity contribution in [3.63, 3.8) is 0 Å². The van der Waals surface area contributed by atoms with Gasteiger partial charge in [-0.1, -0.05) is 54.6 Å². The van der Waals surface area contributed by atoms with Crippen LogP contribution in [0, 0.1) is 0 Å². The van der Waals surface area contributed by atoms with Gasteiger partial charge in [0.25, 0.3) is 0 Å². The van der Waals surface area contributed by atoms with Crippen molar-refractivity contribution in [3.8, 4) is 34.5 Å². The van der Waals surface area contributed by atoms with Gasteiger partial charge in [-0.2, -0.15) is 65.9 Å². The number of ether oxygens (including phenoxy) is 9. The fourth-order valence-corrected chi connectivity index (χ4v) is 10.4.